The second kappa shape index (κ2) is 7.71. The van der Waals surface area contributed by atoms with Gasteiger partial charge in [0, 0.05) is 11.1 Å². The molecule has 0 N–H and O–H groups in total. The maximum absolute atomic E-state index is 5.97. The minimum atomic E-state index is 0.638. The first kappa shape index (κ1) is 16.2. The van der Waals surface area contributed by atoms with Crippen molar-refractivity contribution in [2.24, 2.45) is 0 Å². The molecule has 0 amide bonds. The number of para-hydroxylation sites is 2. The topological polar surface area (TPSA) is 21.7 Å². The van der Waals surface area contributed by atoms with Crippen LogP contribution < -0.4 is 9.47 Å². The molecule has 1 saturated heterocycles. The van der Waals surface area contributed by atoms with Crippen molar-refractivity contribution in [2.75, 3.05) is 20.2 Å². The third kappa shape index (κ3) is 4.40. The Kier molecular flexibility index (Phi) is 5.42. The van der Waals surface area contributed by atoms with E-state index >= 15 is 0 Å². The van der Waals surface area contributed by atoms with Gasteiger partial charge in [0.1, 0.15) is 5.75 Å². The smallest absolute Gasteiger partial charge is 0.169 e. The van der Waals surface area contributed by atoms with Crippen LogP contribution in [0.15, 0.2) is 48.5 Å². The first-order valence-electron chi connectivity index (χ1n) is 8.08. The molecule has 23 heavy (non-hydrogen) atoms. The monoisotopic (exact) mass is 331 g/mol. The summed E-state index contributed by atoms with van der Waals surface area (Å²) in [6.07, 6.45) is 3.60. The lowest BCUT2D eigenvalue weighted by Crippen LogP contribution is -2.26. The molecule has 122 valence electrons. The number of rotatable bonds is 6. The van der Waals surface area contributed by atoms with Crippen molar-refractivity contribution in [3.63, 3.8) is 0 Å². The van der Waals surface area contributed by atoms with Gasteiger partial charge >= 0.3 is 0 Å². The number of halogens is 1. The van der Waals surface area contributed by atoms with E-state index in [1.807, 2.05) is 48.5 Å². The minimum absolute atomic E-state index is 0.638. The van der Waals surface area contributed by atoms with E-state index in [-0.39, 0.29) is 0 Å². The summed E-state index contributed by atoms with van der Waals surface area (Å²) in [7, 11) is 2.19. The van der Waals surface area contributed by atoms with Crippen LogP contribution >= 0.6 is 11.6 Å². The summed E-state index contributed by atoms with van der Waals surface area (Å²) in [6.45, 7) is 1.90. The molecule has 2 aromatic carbocycles. The third-order valence-corrected chi connectivity index (χ3v) is 4.52. The highest BCUT2D eigenvalue weighted by atomic mass is 35.5. The van der Waals surface area contributed by atoms with Gasteiger partial charge in [0.05, 0.1) is 6.61 Å². The molecule has 1 fully saturated rings. The lowest BCUT2D eigenvalue weighted by Gasteiger charge is -2.19. The second-order valence-corrected chi connectivity index (χ2v) is 6.35. The maximum Gasteiger partial charge on any atom is 0.169 e. The van der Waals surface area contributed by atoms with Crippen molar-refractivity contribution < 1.29 is 9.47 Å². The number of benzene rings is 2. The van der Waals surface area contributed by atoms with Gasteiger partial charge in [-0.05, 0) is 69.3 Å². The van der Waals surface area contributed by atoms with E-state index in [2.05, 4.69) is 11.9 Å². The van der Waals surface area contributed by atoms with Crippen LogP contribution in [-0.4, -0.2) is 31.1 Å². The Bertz CT molecular complexity index is 630. The molecule has 3 rings (SSSR count). The highest BCUT2D eigenvalue weighted by molar-refractivity contribution is 6.30. The SMILES string of the molecule is CN1CCC[C@H]1CCOc1ccccc1Oc1ccc(Cl)cc1. The summed E-state index contributed by atoms with van der Waals surface area (Å²) in [5, 5.41) is 0.697. The van der Waals surface area contributed by atoms with Gasteiger partial charge in [-0.15, -0.1) is 0 Å². The average Bonchev–Trinajstić information content (AvgIpc) is 2.96. The number of ether oxygens (including phenoxy) is 2. The Labute approximate surface area is 142 Å². The summed E-state index contributed by atoms with van der Waals surface area (Å²) in [5.41, 5.74) is 0. The molecular weight excluding hydrogens is 310 g/mol. The van der Waals surface area contributed by atoms with E-state index < -0.39 is 0 Å². The predicted molar refractivity (Wildman–Crippen MR) is 93.7 cm³/mol. The Balaban J connectivity index is 1.60. The molecule has 1 aliphatic heterocycles. The average molecular weight is 332 g/mol. The molecule has 3 nitrogen and oxygen atoms in total. The van der Waals surface area contributed by atoms with Gasteiger partial charge in [-0.3, -0.25) is 0 Å². The molecule has 1 heterocycles. The van der Waals surface area contributed by atoms with Gasteiger partial charge in [-0.25, -0.2) is 0 Å². The van der Waals surface area contributed by atoms with Crippen LogP contribution in [0.4, 0.5) is 0 Å². The van der Waals surface area contributed by atoms with Gasteiger partial charge in [0.25, 0.3) is 0 Å². The van der Waals surface area contributed by atoms with Crippen molar-refractivity contribution in [2.45, 2.75) is 25.3 Å². The van der Waals surface area contributed by atoms with E-state index in [0.29, 0.717) is 17.7 Å². The predicted octanol–water partition coefficient (Wildman–Crippen LogP) is 5.00. The van der Waals surface area contributed by atoms with E-state index in [4.69, 9.17) is 21.1 Å². The first-order chi connectivity index (χ1) is 11.2. The molecule has 0 bridgehead atoms. The zero-order valence-electron chi connectivity index (χ0n) is 13.4. The van der Waals surface area contributed by atoms with E-state index in [1.165, 1.54) is 19.4 Å². The fourth-order valence-electron chi connectivity index (χ4n) is 2.93. The van der Waals surface area contributed by atoms with Crippen LogP contribution in [0, 0.1) is 0 Å². The molecular formula is C19H22ClNO2. The van der Waals surface area contributed by atoms with Gasteiger partial charge in [-0.2, -0.15) is 0 Å². The summed E-state index contributed by atoms with van der Waals surface area (Å²) < 4.78 is 11.9. The van der Waals surface area contributed by atoms with Crippen molar-refractivity contribution in [3.05, 3.63) is 53.6 Å². The zero-order valence-corrected chi connectivity index (χ0v) is 14.1. The van der Waals surface area contributed by atoms with Crippen molar-refractivity contribution in [1.82, 2.24) is 4.90 Å². The maximum atomic E-state index is 5.97. The molecule has 0 radical (unpaired) electrons. The van der Waals surface area contributed by atoms with Crippen LogP contribution in [0.1, 0.15) is 19.3 Å². The Morgan fingerprint density at radius 2 is 1.83 bits per heavy atom. The summed E-state index contributed by atoms with van der Waals surface area (Å²) in [5.74, 6) is 2.26. The van der Waals surface area contributed by atoms with Gasteiger partial charge in [0.15, 0.2) is 11.5 Å². The third-order valence-electron chi connectivity index (χ3n) is 4.27. The van der Waals surface area contributed by atoms with Crippen LogP contribution in [0.2, 0.25) is 5.02 Å². The van der Waals surface area contributed by atoms with Gasteiger partial charge in [0.2, 0.25) is 0 Å². The molecule has 0 spiro atoms. The molecule has 2 aromatic rings. The number of hydrogen-bond acceptors (Lipinski definition) is 3. The summed E-state index contributed by atoms with van der Waals surface area (Å²) >= 11 is 5.90. The Morgan fingerprint density at radius 1 is 1.09 bits per heavy atom. The molecule has 4 heteroatoms. The van der Waals surface area contributed by atoms with Crippen molar-refractivity contribution in [3.8, 4) is 17.2 Å². The van der Waals surface area contributed by atoms with E-state index in [9.17, 15) is 0 Å². The standard InChI is InChI=1S/C19H22ClNO2/c1-21-13-4-5-16(21)12-14-22-18-6-2-3-7-19(18)23-17-10-8-15(20)9-11-17/h2-3,6-11,16H,4-5,12-14H2,1H3/t16-/m0/s1. The lowest BCUT2D eigenvalue weighted by atomic mass is 10.1. The lowest BCUT2D eigenvalue weighted by molar-refractivity contribution is 0.229. The number of likely N-dealkylation sites (tertiary alicyclic amines) is 1. The highest BCUT2D eigenvalue weighted by Crippen LogP contribution is 2.32. The molecule has 0 aliphatic carbocycles. The summed E-state index contributed by atoms with van der Waals surface area (Å²) in [6, 6.07) is 15.8. The van der Waals surface area contributed by atoms with Crippen LogP contribution in [0.5, 0.6) is 17.2 Å². The Hall–Kier alpha value is -1.71. The molecule has 0 unspecified atom stereocenters. The highest BCUT2D eigenvalue weighted by Gasteiger charge is 2.20. The molecule has 1 atom stereocenters. The van der Waals surface area contributed by atoms with Crippen LogP contribution in [0.25, 0.3) is 0 Å². The fourth-order valence-corrected chi connectivity index (χ4v) is 3.06. The quantitative estimate of drug-likeness (QED) is 0.744. The van der Waals surface area contributed by atoms with Crippen LogP contribution in [0.3, 0.4) is 0 Å². The molecule has 0 aromatic heterocycles. The minimum Gasteiger partial charge on any atom is -0.490 e. The number of hydrogen-bond donors (Lipinski definition) is 0. The van der Waals surface area contributed by atoms with Crippen molar-refractivity contribution in [1.29, 1.82) is 0 Å². The molecule has 0 saturated carbocycles. The molecule has 1 aliphatic rings. The second-order valence-electron chi connectivity index (χ2n) is 5.92. The number of nitrogens with zero attached hydrogens (tertiary/aromatic N) is 1. The Morgan fingerprint density at radius 3 is 2.52 bits per heavy atom. The normalized spacial score (nSPS) is 18.1. The van der Waals surface area contributed by atoms with Crippen LogP contribution in [-0.2, 0) is 0 Å². The fraction of sp³-hybridized carbons (Fsp3) is 0.368. The van der Waals surface area contributed by atoms with E-state index in [0.717, 1.165) is 23.7 Å². The summed E-state index contributed by atoms with van der Waals surface area (Å²) in [4.78, 5) is 2.42. The largest absolute Gasteiger partial charge is 0.490 e. The van der Waals surface area contributed by atoms with E-state index in [1.54, 1.807) is 0 Å². The van der Waals surface area contributed by atoms with Gasteiger partial charge < -0.3 is 14.4 Å². The zero-order chi connectivity index (χ0) is 16.1. The first-order valence-corrected chi connectivity index (χ1v) is 8.45. The van der Waals surface area contributed by atoms with Gasteiger partial charge in [-0.1, -0.05) is 23.7 Å². The van der Waals surface area contributed by atoms with Crippen molar-refractivity contribution >= 4 is 11.6 Å².